The fraction of sp³-hybridized carbons (Fsp3) is 0.950. The van der Waals surface area contributed by atoms with Gasteiger partial charge in [0.1, 0.15) is 18.0 Å². The lowest BCUT2D eigenvalue weighted by Gasteiger charge is -2.29. The molecule has 140 valence electrons. The highest BCUT2D eigenvalue weighted by Crippen LogP contribution is 2.37. The lowest BCUT2D eigenvalue weighted by Crippen LogP contribution is -2.38. The topological polar surface area (TPSA) is 44.8 Å². The molecule has 2 unspecified atom stereocenters. The Morgan fingerprint density at radius 1 is 1.08 bits per heavy atom. The molecular weight excluding hydrogens is 304 g/mol. The molecule has 0 spiro atoms. The smallest absolute Gasteiger partial charge is 0.138 e. The summed E-state index contributed by atoms with van der Waals surface area (Å²) in [5.74, 6) is 0.681. The van der Waals surface area contributed by atoms with E-state index in [-0.39, 0.29) is 29.3 Å². The van der Waals surface area contributed by atoms with Crippen LogP contribution in [0.3, 0.4) is 0 Å². The Morgan fingerprint density at radius 3 is 2.38 bits per heavy atom. The van der Waals surface area contributed by atoms with E-state index in [1.54, 1.807) is 0 Å². The van der Waals surface area contributed by atoms with Crippen LogP contribution in [0.15, 0.2) is 0 Å². The second-order valence-corrected chi connectivity index (χ2v) is 8.72. The maximum Gasteiger partial charge on any atom is 0.138 e. The number of fused-ring (bicyclic) bond motifs is 1. The van der Waals surface area contributed by atoms with Gasteiger partial charge in [0.2, 0.25) is 0 Å². The maximum atomic E-state index is 12.5. The van der Waals surface area contributed by atoms with Gasteiger partial charge in [-0.15, -0.1) is 0 Å². The summed E-state index contributed by atoms with van der Waals surface area (Å²) in [6.07, 6.45) is 4.58. The lowest BCUT2D eigenvalue weighted by atomic mass is 9.80. The quantitative estimate of drug-likeness (QED) is 0.632. The average Bonchev–Trinajstić information content (AvgIpc) is 3.08. The van der Waals surface area contributed by atoms with Crippen LogP contribution < -0.4 is 0 Å². The van der Waals surface area contributed by atoms with Gasteiger partial charge in [-0.3, -0.25) is 4.79 Å². The number of ketones is 1. The Hall–Kier alpha value is -0.450. The molecule has 0 aromatic rings. The van der Waals surface area contributed by atoms with Gasteiger partial charge in [-0.05, 0) is 33.1 Å². The molecule has 2 aliphatic rings. The predicted molar refractivity (Wildman–Crippen MR) is 95.1 cm³/mol. The molecule has 2 rings (SSSR count). The number of carbonyl (C=O) groups excluding carboxylic acids is 1. The van der Waals surface area contributed by atoms with Crippen molar-refractivity contribution in [3.8, 4) is 0 Å². The number of ether oxygens (including phenoxy) is 3. The third kappa shape index (κ3) is 4.59. The van der Waals surface area contributed by atoms with Gasteiger partial charge in [-0.25, -0.2) is 0 Å². The number of carbonyl (C=O) groups is 1. The molecule has 24 heavy (non-hydrogen) atoms. The van der Waals surface area contributed by atoms with Crippen molar-refractivity contribution in [1.82, 2.24) is 0 Å². The molecule has 2 fully saturated rings. The summed E-state index contributed by atoms with van der Waals surface area (Å²) in [6, 6.07) is 0. The summed E-state index contributed by atoms with van der Waals surface area (Å²) in [4.78, 5) is 12.5. The second kappa shape index (κ2) is 7.84. The number of hydrogen-bond donors (Lipinski definition) is 0. The average molecular weight is 341 g/mol. The van der Waals surface area contributed by atoms with E-state index < -0.39 is 0 Å². The molecular formula is C20H36O4. The third-order valence-corrected chi connectivity index (χ3v) is 5.80. The zero-order chi connectivity index (χ0) is 18.0. The molecule has 0 saturated carbocycles. The van der Waals surface area contributed by atoms with Gasteiger partial charge in [0.05, 0.1) is 24.9 Å². The zero-order valence-electron chi connectivity index (χ0n) is 16.4. The molecule has 2 aliphatic heterocycles. The van der Waals surface area contributed by atoms with E-state index in [1.165, 1.54) is 0 Å². The summed E-state index contributed by atoms with van der Waals surface area (Å²) >= 11 is 0. The van der Waals surface area contributed by atoms with E-state index in [9.17, 15) is 4.79 Å². The van der Waals surface area contributed by atoms with E-state index in [0.29, 0.717) is 31.3 Å². The summed E-state index contributed by atoms with van der Waals surface area (Å²) in [7, 11) is 0. The van der Waals surface area contributed by atoms with Crippen molar-refractivity contribution in [2.45, 2.75) is 97.6 Å². The summed E-state index contributed by atoms with van der Waals surface area (Å²) in [5.41, 5.74) is -0.356. The first-order valence-electron chi connectivity index (χ1n) is 9.64. The Kier molecular flexibility index (Phi) is 6.49. The Bertz CT molecular complexity index is 429. The molecule has 0 N–H and O–H groups in total. The molecule has 0 aromatic heterocycles. The van der Waals surface area contributed by atoms with Crippen LogP contribution in [0.5, 0.6) is 0 Å². The highest BCUT2D eigenvalue weighted by atomic mass is 16.6. The molecule has 2 saturated heterocycles. The minimum Gasteiger partial charge on any atom is -0.372 e. The van der Waals surface area contributed by atoms with Crippen LogP contribution in [0.2, 0.25) is 0 Å². The standard InChI is InChI=1S/C20H36O4/c1-7-11-19(3,4)16(21)10-9-14-12-22-18-15(13-23-17(14)18)24-20(5,6)8-2/h14-15,17-18H,7-13H2,1-6H3/t14?,15?,17-,18-/m1/s1. The van der Waals surface area contributed by atoms with Crippen LogP contribution in [-0.2, 0) is 19.0 Å². The third-order valence-electron chi connectivity index (χ3n) is 5.80. The second-order valence-electron chi connectivity index (χ2n) is 8.72. The van der Waals surface area contributed by atoms with Crippen molar-refractivity contribution in [3.63, 3.8) is 0 Å². The van der Waals surface area contributed by atoms with Crippen molar-refractivity contribution >= 4 is 5.78 Å². The summed E-state index contributed by atoms with van der Waals surface area (Å²) < 4.78 is 18.2. The Morgan fingerprint density at radius 2 is 1.75 bits per heavy atom. The molecule has 0 bridgehead atoms. The van der Waals surface area contributed by atoms with Gasteiger partial charge >= 0.3 is 0 Å². The fourth-order valence-corrected chi connectivity index (χ4v) is 3.80. The first kappa shape index (κ1) is 19.9. The predicted octanol–water partition coefficient (Wildman–Crippen LogP) is 4.15. The lowest BCUT2D eigenvalue weighted by molar-refractivity contribution is -0.128. The summed E-state index contributed by atoms with van der Waals surface area (Å²) in [6.45, 7) is 13.9. The van der Waals surface area contributed by atoms with E-state index >= 15 is 0 Å². The minimum absolute atomic E-state index is 0.0159. The fourth-order valence-electron chi connectivity index (χ4n) is 3.80. The van der Waals surface area contributed by atoms with Crippen molar-refractivity contribution in [2.24, 2.45) is 11.3 Å². The molecule has 0 aliphatic carbocycles. The Labute approximate surface area is 147 Å². The van der Waals surface area contributed by atoms with Crippen molar-refractivity contribution in [1.29, 1.82) is 0 Å². The molecule has 2 heterocycles. The monoisotopic (exact) mass is 340 g/mol. The van der Waals surface area contributed by atoms with Crippen LogP contribution in [0, 0.1) is 11.3 Å². The molecule has 0 aromatic carbocycles. The molecule has 4 atom stereocenters. The number of Topliss-reactive ketones (excluding diaryl/α,β-unsaturated/α-hetero) is 1. The highest BCUT2D eigenvalue weighted by Gasteiger charge is 2.49. The van der Waals surface area contributed by atoms with Crippen molar-refractivity contribution in [3.05, 3.63) is 0 Å². The normalized spacial score (nSPS) is 30.6. The van der Waals surface area contributed by atoms with E-state index in [1.807, 2.05) is 0 Å². The highest BCUT2D eigenvalue weighted by molar-refractivity contribution is 5.83. The van der Waals surface area contributed by atoms with Gasteiger partial charge < -0.3 is 14.2 Å². The van der Waals surface area contributed by atoms with Gasteiger partial charge in [0, 0.05) is 17.8 Å². The number of rotatable bonds is 9. The molecule has 4 nitrogen and oxygen atoms in total. The molecule has 0 amide bonds. The molecule has 0 radical (unpaired) electrons. The zero-order valence-corrected chi connectivity index (χ0v) is 16.4. The van der Waals surface area contributed by atoms with Crippen LogP contribution in [0.4, 0.5) is 0 Å². The van der Waals surface area contributed by atoms with E-state index in [4.69, 9.17) is 14.2 Å². The minimum atomic E-state index is -0.207. The number of hydrogen-bond acceptors (Lipinski definition) is 4. The van der Waals surface area contributed by atoms with Crippen LogP contribution in [0.25, 0.3) is 0 Å². The van der Waals surface area contributed by atoms with Gasteiger partial charge in [0.15, 0.2) is 0 Å². The first-order valence-corrected chi connectivity index (χ1v) is 9.64. The Balaban J connectivity index is 1.85. The van der Waals surface area contributed by atoms with Gasteiger partial charge in [-0.1, -0.05) is 34.1 Å². The van der Waals surface area contributed by atoms with Gasteiger partial charge in [0.25, 0.3) is 0 Å². The van der Waals surface area contributed by atoms with Gasteiger partial charge in [-0.2, -0.15) is 0 Å². The summed E-state index contributed by atoms with van der Waals surface area (Å²) in [5, 5.41) is 0. The van der Waals surface area contributed by atoms with Crippen LogP contribution in [0.1, 0.15) is 73.6 Å². The SMILES string of the molecule is CCCC(C)(C)C(=O)CCC1CO[C@@H]2C(OC(C)(C)CC)CO[C@H]12. The first-order chi connectivity index (χ1) is 11.2. The molecule has 4 heteroatoms. The van der Waals surface area contributed by atoms with E-state index in [0.717, 1.165) is 25.7 Å². The maximum absolute atomic E-state index is 12.5. The van der Waals surface area contributed by atoms with Crippen LogP contribution >= 0.6 is 0 Å². The largest absolute Gasteiger partial charge is 0.372 e. The van der Waals surface area contributed by atoms with Crippen LogP contribution in [-0.4, -0.2) is 42.9 Å². The van der Waals surface area contributed by atoms with Crippen molar-refractivity contribution < 1.29 is 19.0 Å². The van der Waals surface area contributed by atoms with Crippen molar-refractivity contribution in [2.75, 3.05) is 13.2 Å². The van der Waals surface area contributed by atoms with E-state index in [2.05, 4.69) is 41.5 Å².